The number of nitrogens with one attached hydrogen (secondary N) is 3. The highest BCUT2D eigenvalue weighted by Crippen LogP contribution is 2.26. The van der Waals surface area contributed by atoms with Crippen molar-refractivity contribution >= 4 is 30.2 Å². The predicted molar refractivity (Wildman–Crippen MR) is 158 cm³/mol. The molecule has 0 aromatic heterocycles. The first-order valence-electron chi connectivity index (χ1n) is 14.6. The maximum absolute atomic E-state index is 13.7. The Morgan fingerprint density at radius 2 is 1.95 bits per heavy atom. The maximum Gasteiger partial charge on any atom is 0.247 e. The highest BCUT2D eigenvalue weighted by molar-refractivity contribution is 6.00. The van der Waals surface area contributed by atoms with E-state index >= 15 is 0 Å². The molecule has 12 heteroatoms. The number of carbonyl (C=O) groups excluding carboxylic acids is 4. The van der Waals surface area contributed by atoms with E-state index in [0.717, 1.165) is 45.2 Å². The number of nitrogens with zero attached hydrogens (tertiary/aromatic N) is 3. The van der Waals surface area contributed by atoms with E-state index in [4.69, 9.17) is 10.5 Å². The van der Waals surface area contributed by atoms with Crippen LogP contribution in [0.25, 0.3) is 0 Å². The van der Waals surface area contributed by atoms with Crippen molar-refractivity contribution in [3.8, 4) is 0 Å². The summed E-state index contributed by atoms with van der Waals surface area (Å²) in [6, 6.07) is 4.93. The molecule has 2 saturated heterocycles. The number of piperidine rings is 1. The second-order valence-electron chi connectivity index (χ2n) is 11.1. The molecule has 1 unspecified atom stereocenters. The van der Waals surface area contributed by atoms with Gasteiger partial charge in [0.1, 0.15) is 11.8 Å². The third-order valence-corrected chi connectivity index (χ3v) is 8.34. The van der Waals surface area contributed by atoms with Crippen LogP contribution in [0.2, 0.25) is 0 Å². The first kappa shape index (κ1) is 32.8. The zero-order valence-corrected chi connectivity index (χ0v) is 24.7. The summed E-state index contributed by atoms with van der Waals surface area (Å²) in [6.07, 6.45) is 4.45. The number of hydrogen-bond acceptors (Lipinski definition) is 10. The summed E-state index contributed by atoms with van der Waals surface area (Å²) in [7, 11) is 3.69. The summed E-state index contributed by atoms with van der Waals surface area (Å²) < 4.78 is 5.90. The number of benzene rings is 1. The van der Waals surface area contributed by atoms with Crippen molar-refractivity contribution < 1.29 is 23.9 Å². The third-order valence-electron chi connectivity index (χ3n) is 8.34. The molecule has 0 saturated carbocycles. The van der Waals surface area contributed by atoms with E-state index in [0.29, 0.717) is 68.5 Å². The fraction of sp³-hybridized carbons (Fsp3) is 0.655. The van der Waals surface area contributed by atoms with Gasteiger partial charge in [-0.3, -0.25) is 34.3 Å². The monoisotopic (exact) mass is 573 g/mol. The van der Waals surface area contributed by atoms with Gasteiger partial charge in [0, 0.05) is 55.6 Å². The van der Waals surface area contributed by atoms with Gasteiger partial charge in [-0.15, -0.1) is 0 Å². The van der Waals surface area contributed by atoms with Crippen molar-refractivity contribution in [2.45, 2.75) is 56.8 Å². The van der Waals surface area contributed by atoms with Crippen LogP contribution in [0.3, 0.4) is 0 Å². The predicted octanol–water partition coefficient (Wildman–Crippen LogP) is 0.0242. The Hall–Kier alpha value is -2.74. The average Bonchev–Trinajstić information content (AvgIpc) is 2.92. The average molecular weight is 574 g/mol. The van der Waals surface area contributed by atoms with Crippen molar-refractivity contribution in [1.29, 1.82) is 0 Å². The summed E-state index contributed by atoms with van der Waals surface area (Å²) in [5, 5.41) is 8.52. The lowest BCUT2D eigenvalue weighted by atomic mass is 9.89. The van der Waals surface area contributed by atoms with Crippen molar-refractivity contribution in [1.82, 2.24) is 25.3 Å². The van der Waals surface area contributed by atoms with Gasteiger partial charge in [0.05, 0.1) is 19.3 Å². The van der Waals surface area contributed by atoms with Gasteiger partial charge < -0.3 is 26.0 Å². The van der Waals surface area contributed by atoms with Crippen molar-refractivity contribution in [2.24, 2.45) is 5.73 Å². The number of nitrogens with two attached hydrogens (primary N) is 1. The molecular formula is C29H47N7O5. The first-order chi connectivity index (χ1) is 19.7. The van der Waals surface area contributed by atoms with E-state index in [1.165, 1.54) is 0 Å². The van der Waals surface area contributed by atoms with Gasteiger partial charge in [0.15, 0.2) is 0 Å². The molecule has 1 aromatic rings. The Balaban J connectivity index is 1.62. The fourth-order valence-electron chi connectivity index (χ4n) is 5.44. The molecule has 0 spiro atoms. The number of imide groups is 1. The number of carbonyl (C=O) groups is 4. The molecule has 1 aromatic carbocycles. The quantitative estimate of drug-likeness (QED) is 0.148. The zero-order valence-electron chi connectivity index (χ0n) is 24.7. The summed E-state index contributed by atoms with van der Waals surface area (Å²) in [5.74, 6) is -0.568. The maximum atomic E-state index is 13.7. The summed E-state index contributed by atoms with van der Waals surface area (Å²) >= 11 is 0. The highest BCUT2D eigenvalue weighted by Gasteiger charge is 2.47. The second kappa shape index (κ2) is 16.0. The Labute approximate surface area is 243 Å². The van der Waals surface area contributed by atoms with Crippen LogP contribution >= 0.6 is 0 Å². The first-order valence-corrected chi connectivity index (χ1v) is 14.6. The Kier molecular flexibility index (Phi) is 12.8. The molecule has 3 rings (SSSR count). The minimum atomic E-state index is -0.749. The molecule has 1 atom stereocenters. The minimum Gasteiger partial charge on any atom is -0.379 e. The van der Waals surface area contributed by atoms with Gasteiger partial charge in [-0.05, 0) is 52.5 Å². The number of ether oxygens (including phenoxy) is 1. The molecule has 2 heterocycles. The van der Waals surface area contributed by atoms with Gasteiger partial charge in [-0.1, -0.05) is 25.5 Å². The van der Waals surface area contributed by atoms with Crippen LogP contribution in [-0.2, 0) is 25.7 Å². The SMILES string of the molecule is CCCC(C(=O)NC=O)N(C)Cc1c(C=O)cccc1NC(=O)C1(N(C)CCOCCN2CCC(N)CC2)CNC1. The van der Waals surface area contributed by atoms with Crippen LogP contribution in [0.15, 0.2) is 18.2 Å². The van der Waals surface area contributed by atoms with E-state index in [2.05, 4.69) is 20.9 Å². The van der Waals surface area contributed by atoms with Crippen LogP contribution in [0.4, 0.5) is 5.69 Å². The molecule has 0 bridgehead atoms. The third kappa shape index (κ3) is 8.63. The highest BCUT2D eigenvalue weighted by atomic mass is 16.5. The number of rotatable bonds is 17. The molecule has 2 aliphatic heterocycles. The van der Waals surface area contributed by atoms with Gasteiger partial charge in [-0.2, -0.15) is 0 Å². The largest absolute Gasteiger partial charge is 0.379 e. The van der Waals surface area contributed by atoms with E-state index < -0.39 is 17.5 Å². The van der Waals surface area contributed by atoms with Gasteiger partial charge in [0.2, 0.25) is 18.2 Å². The summed E-state index contributed by atoms with van der Waals surface area (Å²) in [6.45, 7) is 7.82. The van der Waals surface area contributed by atoms with E-state index in [1.807, 2.05) is 18.9 Å². The van der Waals surface area contributed by atoms with E-state index in [9.17, 15) is 19.2 Å². The molecule has 5 N–H and O–H groups in total. The van der Waals surface area contributed by atoms with Crippen LogP contribution < -0.4 is 21.7 Å². The van der Waals surface area contributed by atoms with Crippen molar-refractivity contribution in [2.75, 3.05) is 71.9 Å². The minimum absolute atomic E-state index is 0.167. The van der Waals surface area contributed by atoms with Crippen LogP contribution in [0.1, 0.15) is 48.5 Å². The molecule has 3 amide bonds. The van der Waals surface area contributed by atoms with Crippen molar-refractivity contribution in [3.05, 3.63) is 29.3 Å². The number of amides is 3. The summed E-state index contributed by atoms with van der Waals surface area (Å²) in [4.78, 5) is 55.2. The molecule has 41 heavy (non-hydrogen) atoms. The van der Waals surface area contributed by atoms with Gasteiger partial charge in [0.25, 0.3) is 0 Å². The topological polar surface area (TPSA) is 149 Å². The van der Waals surface area contributed by atoms with Crippen LogP contribution in [0, 0.1) is 0 Å². The lowest BCUT2D eigenvalue weighted by Crippen LogP contribution is -2.73. The molecule has 2 aliphatic rings. The molecule has 0 aliphatic carbocycles. The Bertz CT molecular complexity index is 1030. The lowest BCUT2D eigenvalue weighted by Gasteiger charge is -2.47. The number of likely N-dealkylation sites (tertiary alicyclic amines) is 1. The second-order valence-corrected chi connectivity index (χ2v) is 11.1. The van der Waals surface area contributed by atoms with Gasteiger partial charge in [-0.25, -0.2) is 0 Å². The van der Waals surface area contributed by atoms with Crippen LogP contribution in [0.5, 0.6) is 0 Å². The van der Waals surface area contributed by atoms with Gasteiger partial charge >= 0.3 is 0 Å². The number of hydrogen-bond donors (Lipinski definition) is 4. The smallest absolute Gasteiger partial charge is 0.247 e. The molecule has 2 fully saturated rings. The molecule has 228 valence electrons. The number of anilines is 1. The van der Waals surface area contributed by atoms with Crippen LogP contribution in [-0.4, -0.2) is 123 Å². The molecule has 0 radical (unpaired) electrons. The standard InChI is InChI=1S/C29H47N7O5/c1-4-6-26(27(39)32-21-38)34(2)17-24-22(18-37)7-5-8-25(24)33-28(40)29(19-31-20-29)35(3)13-15-41-16-14-36-11-9-23(30)10-12-36/h5,7-8,18,21,23,26,31H,4,6,9-17,19-20,30H2,1-3H3,(H,33,40)(H,32,38,39). The van der Waals surface area contributed by atoms with E-state index in [1.54, 1.807) is 30.1 Å². The lowest BCUT2D eigenvalue weighted by molar-refractivity contribution is -0.131. The number of likely N-dealkylation sites (N-methyl/N-ethyl adjacent to an activating group) is 2. The molecule has 12 nitrogen and oxygen atoms in total. The number of aldehydes is 1. The fourth-order valence-corrected chi connectivity index (χ4v) is 5.44. The molecular weight excluding hydrogens is 526 g/mol. The zero-order chi connectivity index (χ0) is 29.8. The summed E-state index contributed by atoms with van der Waals surface area (Å²) in [5.41, 5.74) is 6.80. The van der Waals surface area contributed by atoms with Crippen molar-refractivity contribution in [3.63, 3.8) is 0 Å². The normalized spacial score (nSPS) is 18.1. The Morgan fingerprint density at radius 3 is 2.56 bits per heavy atom. The van der Waals surface area contributed by atoms with E-state index in [-0.39, 0.29) is 12.5 Å². The Morgan fingerprint density at radius 1 is 1.22 bits per heavy atom.